The molecule has 14 heteroatoms. The molecule has 2 aliphatic heterocycles. The Hall–Kier alpha value is 1.77. The Balaban J connectivity index is 0.00000264. The Labute approximate surface area is 236 Å². The summed E-state index contributed by atoms with van der Waals surface area (Å²) in [6.45, 7) is 0. The minimum absolute atomic E-state index is 0. The largest absolute Gasteiger partial charge is 0.477 e. The van der Waals surface area contributed by atoms with Gasteiger partial charge in [0.05, 0.1) is 8.47 Å². The Morgan fingerprint density at radius 2 is 0.667 bits per heavy atom. The molecule has 0 aliphatic carbocycles. The van der Waals surface area contributed by atoms with Crippen LogP contribution in [0.2, 0.25) is 0 Å². The van der Waals surface area contributed by atoms with Crippen LogP contribution >= 0.6 is 47.0 Å². The number of carbonyl (C=O) groups is 4. The van der Waals surface area contributed by atoms with Crippen molar-refractivity contribution in [2.75, 3.05) is 0 Å². The zero-order chi connectivity index (χ0) is 16.6. The molecule has 0 aromatic rings. The predicted molar refractivity (Wildman–Crippen MR) is 93.5 cm³/mol. The van der Waals surface area contributed by atoms with Crippen LogP contribution in [0.1, 0.15) is 0 Å². The summed E-state index contributed by atoms with van der Waals surface area (Å²) < 4.78 is 0.472. The molecule has 0 amide bonds. The van der Waals surface area contributed by atoms with Gasteiger partial charge in [0, 0.05) is 103 Å². The fraction of sp³-hybridized carbons (Fsp3) is 0. The van der Waals surface area contributed by atoms with Crippen molar-refractivity contribution in [2.45, 2.75) is 0 Å². The molecule has 0 bridgehead atoms. The number of aliphatic carboxylic acids is 4. The van der Waals surface area contributed by atoms with Crippen LogP contribution in [0.5, 0.6) is 0 Å². The second kappa shape index (κ2) is 10.9. The summed E-state index contributed by atoms with van der Waals surface area (Å²) in [4.78, 5) is 42.6. The number of carboxylic acid groups (broad SMARTS) is 4. The van der Waals surface area contributed by atoms with E-state index in [9.17, 15) is 19.2 Å². The third-order valence-corrected chi connectivity index (χ3v) is 7.80. The topological polar surface area (TPSA) is 149 Å². The van der Waals surface area contributed by atoms with E-state index >= 15 is 0 Å². The summed E-state index contributed by atoms with van der Waals surface area (Å²) in [5, 5.41) is 35.9. The Kier molecular flexibility index (Phi) is 11.7. The van der Waals surface area contributed by atoms with E-state index in [0.717, 1.165) is 0 Å². The number of hydrogen-bond donors (Lipinski definition) is 4. The van der Waals surface area contributed by atoms with Gasteiger partial charge in [-0.05, 0) is 0 Å². The SMILES string of the molecule is O=C(O)C1=C(C(=O)O)SC(=C2SC(C(=O)O)=C(C(=O)O)S2)S1.[K].[K]. The number of carboxylic acids is 4. The molecule has 0 spiro atoms. The summed E-state index contributed by atoms with van der Waals surface area (Å²) in [5.74, 6) is -5.65. The monoisotopic (exact) mass is 458 g/mol. The Morgan fingerprint density at radius 3 is 0.792 bits per heavy atom. The van der Waals surface area contributed by atoms with Gasteiger partial charge in [-0.25, -0.2) is 19.2 Å². The van der Waals surface area contributed by atoms with Crippen LogP contribution in [0.15, 0.2) is 28.1 Å². The molecular formula is C10H4K2O8S4. The normalized spacial score (nSPS) is 16.7. The van der Waals surface area contributed by atoms with Crippen LogP contribution < -0.4 is 0 Å². The molecule has 0 saturated heterocycles. The minimum atomic E-state index is -1.41. The van der Waals surface area contributed by atoms with Crippen LogP contribution in [0.25, 0.3) is 0 Å². The molecule has 0 atom stereocenters. The average Bonchev–Trinajstić information content (AvgIpc) is 3.02. The third-order valence-electron chi connectivity index (χ3n) is 2.14. The minimum Gasteiger partial charge on any atom is -0.477 e. The first-order valence-electron chi connectivity index (χ1n) is 5.09. The molecule has 0 unspecified atom stereocenters. The van der Waals surface area contributed by atoms with E-state index in [4.69, 9.17) is 20.4 Å². The fourth-order valence-corrected chi connectivity index (χ4v) is 6.31. The van der Waals surface area contributed by atoms with Crippen molar-refractivity contribution in [1.82, 2.24) is 0 Å². The zero-order valence-electron chi connectivity index (χ0n) is 12.1. The van der Waals surface area contributed by atoms with Gasteiger partial charge >= 0.3 is 23.9 Å². The van der Waals surface area contributed by atoms with Crippen LogP contribution in [0.3, 0.4) is 0 Å². The maximum atomic E-state index is 11.0. The molecule has 2 heterocycles. The van der Waals surface area contributed by atoms with Crippen LogP contribution in [-0.4, -0.2) is 147 Å². The molecule has 0 aromatic carbocycles. The van der Waals surface area contributed by atoms with Gasteiger partial charge in [0.15, 0.2) is 0 Å². The van der Waals surface area contributed by atoms with Crippen molar-refractivity contribution in [1.29, 1.82) is 0 Å². The molecule has 0 aromatic heterocycles. The third kappa shape index (κ3) is 5.88. The summed E-state index contributed by atoms with van der Waals surface area (Å²) in [5.41, 5.74) is 0. The fourth-order valence-electron chi connectivity index (χ4n) is 1.33. The zero-order valence-corrected chi connectivity index (χ0v) is 21.6. The van der Waals surface area contributed by atoms with Crippen molar-refractivity contribution in [3.63, 3.8) is 0 Å². The second-order valence-corrected chi connectivity index (χ2v) is 8.12. The van der Waals surface area contributed by atoms with Crippen molar-refractivity contribution in [3.05, 3.63) is 28.1 Å². The number of rotatable bonds is 4. The molecule has 2 rings (SSSR count). The van der Waals surface area contributed by atoms with E-state index in [-0.39, 0.29) is 131 Å². The molecule has 0 saturated carbocycles. The molecule has 4 N–H and O–H groups in total. The van der Waals surface area contributed by atoms with Crippen molar-refractivity contribution in [2.24, 2.45) is 0 Å². The average molecular weight is 459 g/mol. The molecule has 8 nitrogen and oxygen atoms in total. The van der Waals surface area contributed by atoms with Gasteiger partial charge < -0.3 is 20.4 Å². The molecular weight excluding hydrogens is 455 g/mol. The first kappa shape index (κ1) is 25.8. The van der Waals surface area contributed by atoms with Gasteiger partial charge in [-0.3, -0.25) is 0 Å². The van der Waals surface area contributed by atoms with E-state index in [1.807, 2.05) is 0 Å². The van der Waals surface area contributed by atoms with E-state index < -0.39 is 23.9 Å². The summed E-state index contributed by atoms with van der Waals surface area (Å²) in [7, 11) is 0. The second-order valence-electron chi connectivity index (χ2n) is 3.52. The molecule has 2 aliphatic rings. The molecule has 118 valence electrons. The van der Waals surface area contributed by atoms with Crippen molar-refractivity contribution in [3.8, 4) is 0 Å². The van der Waals surface area contributed by atoms with Crippen LogP contribution in [-0.2, 0) is 19.2 Å². The number of thioether (sulfide) groups is 4. The summed E-state index contributed by atoms with van der Waals surface area (Å²) >= 11 is 2.67. The maximum Gasteiger partial charge on any atom is 0.344 e. The summed E-state index contributed by atoms with van der Waals surface area (Å²) in [6, 6.07) is 0. The Bertz CT molecular complexity index is 610. The quantitative estimate of drug-likeness (QED) is 0.446. The van der Waals surface area contributed by atoms with Crippen molar-refractivity contribution >= 4 is 174 Å². The first-order chi connectivity index (χ1) is 10.2. The predicted octanol–water partition coefficient (Wildman–Crippen LogP) is 1.07. The number of hydrogen-bond acceptors (Lipinski definition) is 8. The van der Waals surface area contributed by atoms with Crippen LogP contribution in [0.4, 0.5) is 0 Å². The van der Waals surface area contributed by atoms with Crippen molar-refractivity contribution < 1.29 is 39.6 Å². The Morgan fingerprint density at radius 1 is 0.500 bits per heavy atom. The van der Waals surface area contributed by atoms with Gasteiger partial charge in [0.25, 0.3) is 0 Å². The molecule has 0 fully saturated rings. The smallest absolute Gasteiger partial charge is 0.344 e. The van der Waals surface area contributed by atoms with E-state index in [0.29, 0.717) is 47.0 Å². The van der Waals surface area contributed by atoms with E-state index in [1.165, 1.54) is 0 Å². The van der Waals surface area contributed by atoms with Gasteiger partial charge in [-0.1, -0.05) is 47.0 Å². The van der Waals surface area contributed by atoms with E-state index in [1.54, 1.807) is 0 Å². The van der Waals surface area contributed by atoms with E-state index in [2.05, 4.69) is 0 Å². The molecule has 24 heavy (non-hydrogen) atoms. The van der Waals surface area contributed by atoms with Gasteiger partial charge in [0.1, 0.15) is 19.6 Å². The van der Waals surface area contributed by atoms with Gasteiger partial charge in [-0.15, -0.1) is 0 Å². The summed E-state index contributed by atoms with van der Waals surface area (Å²) in [6.07, 6.45) is 0. The van der Waals surface area contributed by atoms with Gasteiger partial charge in [-0.2, -0.15) is 0 Å². The van der Waals surface area contributed by atoms with Crippen LogP contribution in [0, 0.1) is 0 Å². The first-order valence-corrected chi connectivity index (χ1v) is 8.36. The van der Waals surface area contributed by atoms with Gasteiger partial charge in [0.2, 0.25) is 0 Å². The molecule has 2 radical (unpaired) electrons. The maximum absolute atomic E-state index is 11.0. The standard InChI is InChI=1S/C10H4O8S4.2K/c11-5(12)1-2(6(13)14)20-9(19-1)10-21-3(7(15)16)4(22-10)8(17)18;;/h(H,11,12)(H,13,14)(H,15,16)(H,17,18);;.